The normalized spacial score (nSPS) is 11.1. The number of nitrogens with zero attached hydrogens (tertiary/aromatic N) is 1. The van der Waals surface area contributed by atoms with Gasteiger partial charge in [-0.05, 0) is 89.4 Å². The molecular formula is C18H22I2N2O. The van der Waals surface area contributed by atoms with Crippen LogP contribution < -0.4 is 5.32 Å². The summed E-state index contributed by atoms with van der Waals surface area (Å²) in [5.41, 5.74) is 2.32. The monoisotopic (exact) mass is 536 g/mol. The zero-order chi connectivity index (χ0) is 16.7. The first kappa shape index (κ1) is 19.0. The molecule has 2 rings (SSSR count). The van der Waals surface area contributed by atoms with Crippen LogP contribution in [0.3, 0.4) is 0 Å². The Morgan fingerprint density at radius 1 is 1.13 bits per heavy atom. The zero-order valence-corrected chi connectivity index (χ0v) is 17.5. The lowest BCUT2D eigenvalue weighted by Crippen LogP contribution is -2.23. The van der Waals surface area contributed by atoms with Crippen molar-refractivity contribution < 1.29 is 5.11 Å². The lowest BCUT2D eigenvalue weighted by molar-refractivity contribution is 0.319. The van der Waals surface area contributed by atoms with Crippen molar-refractivity contribution >= 4 is 45.2 Å². The molecule has 0 atom stereocenters. The highest BCUT2D eigenvalue weighted by Crippen LogP contribution is 2.26. The first-order valence-corrected chi connectivity index (χ1v) is 9.82. The number of hydrogen-bond donors (Lipinski definition) is 2. The Balaban J connectivity index is 1.68. The molecule has 5 heteroatoms. The number of halogens is 2. The van der Waals surface area contributed by atoms with Gasteiger partial charge in [-0.25, -0.2) is 0 Å². The van der Waals surface area contributed by atoms with E-state index < -0.39 is 0 Å². The smallest absolute Gasteiger partial charge is 0.133 e. The number of hydrogen-bond acceptors (Lipinski definition) is 3. The summed E-state index contributed by atoms with van der Waals surface area (Å²) in [5, 5.41) is 13.5. The Morgan fingerprint density at radius 2 is 1.87 bits per heavy atom. The van der Waals surface area contributed by atoms with Gasteiger partial charge in [0.05, 0.1) is 3.57 Å². The predicted octanol–water partition coefficient (Wildman–Crippen LogP) is 4.21. The molecular weight excluding hydrogens is 514 g/mol. The SMILES string of the molecule is CN(CCCNCc1cc(I)cc(I)c1O)Cc1ccccc1. The lowest BCUT2D eigenvalue weighted by atomic mass is 10.2. The molecule has 0 aliphatic heterocycles. The van der Waals surface area contributed by atoms with E-state index in [4.69, 9.17) is 0 Å². The average Bonchev–Trinajstić information content (AvgIpc) is 2.52. The maximum Gasteiger partial charge on any atom is 0.133 e. The van der Waals surface area contributed by atoms with E-state index in [0.717, 1.165) is 38.8 Å². The van der Waals surface area contributed by atoms with Gasteiger partial charge in [-0.15, -0.1) is 0 Å². The number of phenolic OH excluding ortho intramolecular Hbond substituents is 1. The second-order valence-corrected chi connectivity index (χ2v) is 8.06. The van der Waals surface area contributed by atoms with Gasteiger partial charge >= 0.3 is 0 Å². The molecule has 0 saturated carbocycles. The van der Waals surface area contributed by atoms with E-state index in [1.165, 1.54) is 5.56 Å². The Labute approximate surface area is 165 Å². The van der Waals surface area contributed by atoms with Crippen molar-refractivity contribution in [3.8, 4) is 5.75 Å². The molecule has 3 nitrogen and oxygen atoms in total. The average molecular weight is 536 g/mol. The van der Waals surface area contributed by atoms with Crippen LogP contribution in [0.15, 0.2) is 42.5 Å². The van der Waals surface area contributed by atoms with Crippen LogP contribution in [0.2, 0.25) is 0 Å². The number of aromatic hydroxyl groups is 1. The van der Waals surface area contributed by atoms with E-state index in [1.54, 1.807) is 0 Å². The van der Waals surface area contributed by atoms with E-state index in [1.807, 2.05) is 12.1 Å². The van der Waals surface area contributed by atoms with Crippen LogP contribution in [-0.2, 0) is 13.1 Å². The van der Waals surface area contributed by atoms with Crippen LogP contribution >= 0.6 is 45.2 Å². The summed E-state index contributed by atoms with van der Waals surface area (Å²) < 4.78 is 2.07. The molecule has 2 aromatic carbocycles. The number of benzene rings is 2. The molecule has 0 spiro atoms. The van der Waals surface area contributed by atoms with Gasteiger partial charge in [0, 0.05) is 22.2 Å². The molecule has 2 aromatic rings. The Kier molecular flexibility index (Phi) is 8.08. The fourth-order valence-corrected chi connectivity index (χ4v) is 4.39. The fourth-order valence-electron chi connectivity index (χ4n) is 2.43. The van der Waals surface area contributed by atoms with Crippen molar-refractivity contribution in [3.63, 3.8) is 0 Å². The molecule has 124 valence electrons. The van der Waals surface area contributed by atoms with Crippen molar-refractivity contribution in [2.75, 3.05) is 20.1 Å². The molecule has 23 heavy (non-hydrogen) atoms. The number of rotatable bonds is 8. The summed E-state index contributed by atoms with van der Waals surface area (Å²) in [6.45, 7) is 3.69. The molecule has 0 fully saturated rings. The van der Waals surface area contributed by atoms with Crippen molar-refractivity contribution in [1.29, 1.82) is 0 Å². The maximum atomic E-state index is 10.1. The third kappa shape index (κ3) is 6.56. The van der Waals surface area contributed by atoms with Gasteiger partial charge in [-0.2, -0.15) is 0 Å². The second-order valence-electron chi connectivity index (χ2n) is 5.65. The summed E-state index contributed by atoms with van der Waals surface area (Å²) >= 11 is 4.46. The van der Waals surface area contributed by atoms with E-state index in [-0.39, 0.29) is 0 Å². The number of phenols is 1. The van der Waals surface area contributed by atoms with Crippen LogP contribution in [-0.4, -0.2) is 30.1 Å². The molecule has 0 aliphatic carbocycles. The highest BCUT2D eigenvalue weighted by Gasteiger charge is 2.07. The predicted molar refractivity (Wildman–Crippen MR) is 113 cm³/mol. The van der Waals surface area contributed by atoms with E-state index in [0.29, 0.717) is 12.3 Å². The highest BCUT2D eigenvalue weighted by molar-refractivity contribution is 14.1. The fraction of sp³-hybridized carbons (Fsp3) is 0.333. The van der Waals surface area contributed by atoms with Gasteiger partial charge in [0.15, 0.2) is 0 Å². The van der Waals surface area contributed by atoms with Crippen LogP contribution in [0.5, 0.6) is 5.75 Å². The minimum atomic E-state index is 0.403. The van der Waals surface area contributed by atoms with E-state index in [9.17, 15) is 5.11 Å². The lowest BCUT2D eigenvalue weighted by Gasteiger charge is -2.17. The first-order valence-electron chi connectivity index (χ1n) is 7.66. The second kappa shape index (κ2) is 9.80. The summed E-state index contributed by atoms with van der Waals surface area (Å²) in [5.74, 6) is 0.403. The van der Waals surface area contributed by atoms with Crippen LogP contribution in [0.1, 0.15) is 17.5 Å². The van der Waals surface area contributed by atoms with Gasteiger partial charge < -0.3 is 15.3 Å². The van der Waals surface area contributed by atoms with Crippen molar-refractivity contribution in [3.05, 3.63) is 60.7 Å². The number of nitrogens with one attached hydrogen (secondary N) is 1. The van der Waals surface area contributed by atoms with Crippen molar-refractivity contribution in [1.82, 2.24) is 10.2 Å². The van der Waals surface area contributed by atoms with Crippen LogP contribution in [0.25, 0.3) is 0 Å². The molecule has 0 unspecified atom stereocenters. The molecule has 2 N–H and O–H groups in total. The molecule has 0 saturated heterocycles. The minimum absolute atomic E-state index is 0.403. The molecule has 0 radical (unpaired) electrons. The molecule has 0 aliphatic rings. The third-order valence-electron chi connectivity index (χ3n) is 3.61. The van der Waals surface area contributed by atoms with Crippen molar-refractivity contribution in [2.24, 2.45) is 0 Å². The largest absolute Gasteiger partial charge is 0.507 e. The third-order valence-corrected chi connectivity index (χ3v) is 5.06. The van der Waals surface area contributed by atoms with Gasteiger partial charge in [0.2, 0.25) is 0 Å². The first-order chi connectivity index (χ1) is 11.1. The summed E-state index contributed by atoms with van der Waals surface area (Å²) in [4.78, 5) is 2.34. The Bertz CT molecular complexity index is 620. The van der Waals surface area contributed by atoms with Gasteiger partial charge in [-0.1, -0.05) is 30.3 Å². The minimum Gasteiger partial charge on any atom is -0.507 e. The molecule has 0 bridgehead atoms. The molecule has 0 aromatic heterocycles. The molecule has 0 heterocycles. The highest BCUT2D eigenvalue weighted by atomic mass is 127. The summed E-state index contributed by atoms with van der Waals surface area (Å²) in [6, 6.07) is 14.6. The zero-order valence-electron chi connectivity index (χ0n) is 13.2. The van der Waals surface area contributed by atoms with Gasteiger partial charge in [0.25, 0.3) is 0 Å². The Morgan fingerprint density at radius 3 is 2.61 bits per heavy atom. The standard InChI is InChI=1S/C18H22I2N2O/c1-22(13-14-6-3-2-4-7-14)9-5-8-21-12-15-10-16(19)11-17(20)18(15)23/h2-4,6-7,10-11,21,23H,5,8-9,12-13H2,1H3. The van der Waals surface area contributed by atoms with Gasteiger partial charge in [-0.3, -0.25) is 0 Å². The summed E-state index contributed by atoms with van der Waals surface area (Å²) in [7, 11) is 2.15. The van der Waals surface area contributed by atoms with Crippen LogP contribution in [0.4, 0.5) is 0 Å². The van der Waals surface area contributed by atoms with E-state index >= 15 is 0 Å². The quantitative estimate of drug-likeness (QED) is 0.392. The Hall–Kier alpha value is -0.380. The maximum absolute atomic E-state index is 10.1. The van der Waals surface area contributed by atoms with E-state index in [2.05, 4.69) is 92.8 Å². The van der Waals surface area contributed by atoms with Crippen LogP contribution in [0, 0.1) is 7.14 Å². The summed E-state index contributed by atoms with van der Waals surface area (Å²) in [6.07, 6.45) is 1.09. The van der Waals surface area contributed by atoms with Gasteiger partial charge in [0.1, 0.15) is 5.75 Å². The van der Waals surface area contributed by atoms with Crippen molar-refractivity contribution in [2.45, 2.75) is 19.5 Å². The topological polar surface area (TPSA) is 35.5 Å². The molecule has 0 amide bonds.